The largest absolute Gasteiger partial charge is 0.383 e. The summed E-state index contributed by atoms with van der Waals surface area (Å²) >= 11 is 1.54. The number of methoxy groups -OCH3 is 1. The van der Waals surface area contributed by atoms with Gasteiger partial charge in [0.1, 0.15) is 5.69 Å². The van der Waals surface area contributed by atoms with E-state index < -0.39 is 0 Å². The highest BCUT2D eigenvalue weighted by molar-refractivity contribution is 7.16. The van der Waals surface area contributed by atoms with Crippen LogP contribution in [-0.2, 0) is 11.3 Å². The van der Waals surface area contributed by atoms with Gasteiger partial charge in [-0.3, -0.25) is 9.48 Å². The fraction of sp³-hybridized carbons (Fsp3) is 0.421. The Labute approximate surface area is 156 Å². The number of carbonyl (C=O) groups is 1. The Balaban J connectivity index is 2.16. The lowest BCUT2D eigenvalue weighted by Crippen LogP contribution is -2.20. The summed E-state index contributed by atoms with van der Waals surface area (Å²) in [6.45, 7) is 9.36. The van der Waals surface area contributed by atoms with Gasteiger partial charge in [-0.2, -0.15) is 10.1 Å². The number of hydrogen-bond acceptors (Lipinski definition) is 4. The molecular weight excluding hydrogens is 348 g/mol. The van der Waals surface area contributed by atoms with Crippen molar-refractivity contribution in [3.63, 3.8) is 0 Å². The van der Waals surface area contributed by atoms with E-state index in [0.29, 0.717) is 23.6 Å². The molecule has 1 aromatic carbocycles. The van der Waals surface area contributed by atoms with Crippen LogP contribution >= 0.6 is 11.3 Å². The van der Waals surface area contributed by atoms with Gasteiger partial charge in [0.2, 0.25) is 0 Å². The van der Waals surface area contributed by atoms with Crippen LogP contribution in [0.15, 0.2) is 29.4 Å². The minimum Gasteiger partial charge on any atom is -0.383 e. The second kappa shape index (κ2) is 7.55. The topological polar surface area (TPSA) is 61.4 Å². The van der Waals surface area contributed by atoms with E-state index in [1.807, 2.05) is 13.8 Å². The van der Waals surface area contributed by atoms with Gasteiger partial charge in [0.25, 0.3) is 5.91 Å². The van der Waals surface area contributed by atoms with E-state index in [1.54, 1.807) is 24.1 Å². The van der Waals surface area contributed by atoms with Gasteiger partial charge in [-0.1, -0.05) is 17.4 Å². The molecule has 0 fully saturated rings. The van der Waals surface area contributed by atoms with Gasteiger partial charge >= 0.3 is 0 Å². The highest BCUT2D eigenvalue weighted by Crippen LogP contribution is 2.23. The van der Waals surface area contributed by atoms with Crippen LogP contribution in [0.25, 0.3) is 10.2 Å². The standard InChI is InChI=1S/C19H24N4O2S/c1-12(2)23-15(6-7-20-23)18(24)21-19-22(8-9-25-5)16-11-13(3)10-14(4)17(16)26-19/h6-7,10-12H,8-9H2,1-5H3. The molecule has 7 heteroatoms. The van der Waals surface area contributed by atoms with Crippen LogP contribution in [0.4, 0.5) is 0 Å². The van der Waals surface area contributed by atoms with E-state index in [0.717, 1.165) is 10.2 Å². The van der Waals surface area contributed by atoms with Crippen molar-refractivity contribution in [2.75, 3.05) is 13.7 Å². The molecule has 2 aromatic heterocycles. The molecule has 0 aliphatic heterocycles. The zero-order valence-corrected chi connectivity index (χ0v) is 16.6. The summed E-state index contributed by atoms with van der Waals surface area (Å²) in [5.74, 6) is -0.275. The first-order valence-electron chi connectivity index (χ1n) is 8.64. The maximum Gasteiger partial charge on any atom is 0.297 e. The van der Waals surface area contributed by atoms with Crippen LogP contribution in [0.1, 0.15) is 41.5 Å². The zero-order chi connectivity index (χ0) is 18.8. The van der Waals surface area contributed by atoms with E-state index in [4.69, 9.17) is 4.74 Å². The maximum absolute atomic E-state index is 12.8. The summed E-state index contributed by atoms with van der Waals surface area (Å²) in [6.07, 6.45) is 1.64. The molecule has 0 N–H and O–H groups in total. The molecule has 0 unspecified atom stereocenters. The lowest BCUT2D eigenvalue weighted by atomic mass is 10.1. The van der Waals surface area contributed by atoms with Crippen LogP contribution in [0, 0.1) is 13.8 Å². The third-order valence-corrected chi connectivity index (χ3v) is 5.44. The van der Waals surface area contributed by atoms with Crippen LogP contribution < -0.4 is 4.80 Å². The summed E-state index contributed by atoms with van der Waals surface area (Å²) in [7, 11) is 1.68. The first kappa shape index (κ1) is 18.5. The molecule has 138 valence electrons. The molecular formula is C19H24N4O2S. The number of rotatable bonds is 5. The van der Waals surface area contributed by atoms with E-state index in [-0.39, 0.29) is 11.9 Å². The van der Waals surface area contributed by atoms with Crippen molar-refractivity contribution in [1.29, 1.82) is 0 Å². The predicted molar refractivity (Wildman–Crippen MR) is 104 cm³/mol. The van der Waals surface area contributed by atoms with Crippen molar-refractivity contribution in [2.24, 2.45) is 4.99 Å². The van der Waals surface area contributed by atoms with Crippen molar-refractivity contribution in [3.05, 3.63) is 46.0 Å². The minimum atomic E-state index is -0.275. The number of thiazole rings is 1. The van der Waals surface area contributed by atoms with E-state index in [9.17, 15) is 4.79 Å². The molecule has 0 saturated carbocycles. The monoisotopic (exact) mass is 372 g/mol. The molecule has 3 aromatic rings. The minimum absolute atomic E-state index is 0.104. The Hall–Kier alpha value is -2.25. The third-order valence-electron chi connectivity index (χ3n) is 4.21. The van der Waals surface area contributed by atoms with Crippen molar-refractivity contribution in [1.82, 2.24) is 14.3 Å². The highest BCUT2D eigenvalue weighted by Gasteiger charge is 2.15. The molecule has 6 nitrogen and oxygen atoms in total. The maximum atomic E-state index is 12.8. The summed E-state index contributed by atoms with van der Waals surface area (Å²) in [5.41, 5.74) is 3.98. The number of aryl methyl sites for hydroxylation is 2. The first-order valence-corrected chi connectivity index (χ1v) is 9.46. The van der Waals surface area contributed by atoms with E-state index >= 15 is 0 Å². The average molecular weight is 372 g/mol. The van der Waals surface area contributed by atoms with Gasteiger partial charge in [-0.15, -0.1) is 0 Å². The highest BCUT2D eigenvalue weighted by atomic mass is 32.1. The second-order valence-corrected chi connectivity index (χ2v) is 7.61. The number of ether oxygens (including phenoxy) is 1. The number of fused-ring (bicyclic) bond motifs is 1. The smallest absolute Gasteiger partial charge is 0.297 e. The third kappa shape index (κ3) is 3.50. The van der Waals surface area contributed by atoms with Crippen molar-refractivity contribution in [3.8, 4) is 0 Å². The molecule has 26 heavy (non-hydrogen) atoms. The van der Waals surface area contributed by atoms with Crippen molar-refractivity contribution in [2.45, 2.75) is 40.3 Å². The molecule has 0 bridgehead atoms. The molecule has 0 spiro atoms. The molecule has 0 saturated heterocycles. The summed E-state index contributed by atoms with van der Waals surface area (Å²) in [6, 6.07) is 6.11. The molecule has 2 heterocycles. The molecule has 1 amide bonds. The van der Waals surface area contributed by atoms with Gasteiger partial charge in [0.15, 0.2) is 4.80 Å². The van der Waals surface area contributed by atoms with Crippen molar-refractivity contribution >= 4 is 27.5 Å². The predicted octanol–water partition coefficient (Wildman–Crippen LogP) is 3.48. The Morgan fingerprint density at radius 2 is 2.12 bits per heavy atom. The molecule has 0 aliphatic carbocycles. The van der Waals surface area contributed by atoms with Gasteiger partial charge in [-0.25, -0.2) is 0 Å². The fourth-order valence-corrected chi connectivity index (χ4v) is 4.14. The number of aromatic nitrogens is 3. The number of carbonyl (C=O) groups excluding carboxylic acids is 1. The second-order valence-electron chi connectivity index (χ2n) is 6.63. The zero-order valence-electron chi connectivity index (χ0n) is 15.8. The van der Waals surface area contributed by atoms with Crippen LogP contribution in [0.5, 0.6) is 0 Å². The Bertz CT molecular complexity index is 1010. The van der Waals surface area contributed by atoms with Gasteiger partial charge in [0, 0.05) is 25.9 Å². The Kier molecular flexibility index (Phi) is 5.38. The van der Waals surface area contributed by atoms with Gasteiger partial charge in [0.05, 0.1) is 16.8 Å². The van der Waals surface area contributed by atoms with Gasteiger partial charge in [-0.05, 0) is 51.0 Å². The first-order chi connectivity index (χ1) is 12.4. The number of benzene rings is 1. The molecule has 0 atom stereocenters. The van der Waals surface area contributed by atoms with E-state index in [2.05, 4.69) is 40.6 Å². The molecule has 0 aliphatic rings. The quantitative estimate of drug-likeness (QED) is 0.689. The SMILES string of the molecule is COCCn1c(=NC(=O)c2ccnn2C(C)C)sc2c(C)cc(C)cc21. The van der Waals surface area contributed by atoms with E-state index in [1.165, 1.54) is 22.5 Å². The number of hydrogen-bond donors (Lipinski definition) is 0. The van der Waals surface area contributed by atoms with Gasteiger partial charge < -0.3 is 9.30 Å². The number of amides is 1. The molecule has 0 radical (unpaired) electrons. The van der Waals surface area contributed by atoms with Crippen molar-refractivity contribution < 1.29 is 9.53 Å². The lowest BCUT2D eigenvalue weighted by Gasteiger charge is -2.08. The summed E-state index contributed by atoms with van der Waals surface area (Å²) < 4.78 is 10.2. The average Bonchev–Trinajstić information content (AvgIpc) is 3.18. The summed E-state index contributed by atoms with van der Waals surface area (Å²) in [4.78, 5) is 17.9. The number of nitrogens with zero attached hydrogens (tertiary/aromatic N) is 4. The summed E-state index contributed by atoms with van der Waals surface area (Å²) in [5, 5.41) is 4.23. The Morgan fingerprint density at radius 1 is 1.35 bits per heavy atom. The van der Waals surface area contributed by atoms with Crippen LogP contribution in [0.2, 0.25) is 0 Å². The fourth-order valence-electron chi connectivity index (χ4n) is 3.04. The van der Waals surface area contributed by atoms with Crippen LogP contribution in [0.3, 0.4) is 0 Å². The Morgan fingerprint density at radius 3 is 2.81 bits per heavy atom. The lowest BCUT2D eigenvalue weighted by molar-refractivity contribution is 0.0985. The van der Waals surface area contributed by atoms with Crippen LogP contribution in [-0.4, -0.2) is 34.0 Å². The normalized spacial score (nSPS) is 12.5. The molecule has 3 rings (SSSR count).